The number of alkyl halides is 3. The highest BCUT2D eigenvalue weighted by molar-refractivity contribution is 8.00. The minimum absolute atomic E-state index is 0.0256. The average Bonchev–Trinajstić information content (AvgIpc) is 2.06. The smallest absolute Gasteiger partial charge is 0.339 e. The van der Waals surface area contributed by atoms with Gasteiger partial charge in [-0.1, -0.05) is 23.2 Å². The highest BCUT2D eigenvalue weighted by Crippen LogP contribution is 2.40. The Bertz CT molecular complexity index is 283. The molecule has 0 spiro atoms. The molecule has 1 N–H and O–H groups in total. The standard InChI is InChI=1S/C5H2Cl2F3NS/c6-2-1-3(7)11-4(2)12-5(8,9)10/h1,11H. The molecule has 1 nitrogen and oxygen atoms in total. The summed E-state index contributed by atoms with van der Waals surface area (Å²) in [5.41, 5.74) is -4.35. The molecule has 12 heavy (non-hydrogen) atoms. The first-order valence-electron chi connectivity index (χ1n) is 2.68. The summed E-state index contributed by atoms with van der Waals surface area (Å²) >= 11 is 10.5. The molecule has 7 heteroatoms. The second-order valence-corrected chi connectivity index (χ2v) is 3.73. The van der Waals surface area contributed by atoms with Crippen molar-refractivity contribution in [1.29, 1.82) is 0 Å². The second-order valence-electron chi connectivity index (χ2n) is 1.84. The summed E-state index contributed by atoms with van der Waals surface area (Å²) in [7, 11) is 0. The van der Waals surface area contributed by atoms with Crippen LogP contribution in [-0.4, -0.2) is 10.5 Å². The molecular formula is C5H2Cl2F3NS. The van der Waals surface area contributed by atoms with Gasteiger partial charge in [0.05, 0.1) is 5.02 Å². The van der Waals surface area contributed by atoms with Gasteiger partial charge in [0, 0.05) is 11.8 Å². The Kier molecular flexibility index (Phi) is 2.85. The lowest BCUT2D eigenvalue weighted by atomic mass is 10.7. The average molecular weight is 236 g/mol. The Morgan fingerprint density at radius 1 is 1.33 bits per heavy atom. The molecule has 0 saturated heterocycles. The van der Waals surface area contributed by atoms with Crippen LogP contribution in [0.3, 0.4) is 0 Å². The van der Waals surface area contributed by atoms with Crippen molar-refractivity contribution in [3.63, 3.8) is 0 Å². The van der Waals surface area contributed by atoms with E-state index in [2.05, 4.69) is 4.98 Å². The van der Waals surface area contributed by atoms with E-state index < -0.39 is 5.51 Å². The summed E-state index contributed by atoms with van der Waals surface area (Å²) in [6.45, 7) is 0. The number of thioether (sulfide) groups is 1. The summed E-state index contributed by atoms with van der Waals surface area (Å²) in [5.74, 6) is 0. The number of hydrogen-bond acceptors (Lipinski definition) is 1. The lowest BCUT2D eigenvalue weighted by molar-refractivity contribution is -0.0329. The first-order valence-corrected chi connectivity index (χ1v) is 4.25. The van der Waals surface area contributed by atoms with Crippen molar-refractivity contribution in [2.24, 2.45) is 0 Å². The molecule has 1 rings (SSSR count). The van der Waals surface area contributed by atoms with Gasteiger partial charge in [0.1, 0.15) is 10.2 Å². The quantitative estimate of drug-likeness (QED) is 0.730. The van der Waals surface area contributed by atoms with Gasteiger partial charge < -0.3 is 4.98 Å². The maximum Gasteiger partial charge on any atom is 0.447 e. The van der Waals surface area contributed by atoms with E-state index in [1.54, 1.807) is 0 Å². The molecule has 68 valence electrons. The van der Waals surface area contributed by atoms with Gasteiger partial charge in [-0.3, -0.25) is 0 Å². The largest absolute Gasteiger partial charge is 0.447 e. The third kappa shape index (κ3) is 2.80. The van der Waals surface area contributed by atoms with Gasteiger partial charge in [-0.2, -0.15) is 13.2 Å². The van der Waals surface area contributed by atoms with Crippen LogP contribution in [0.2, 0.25) is 10.2 Å². The van der Waals surface area contributed by atoms with Crippen LogP contribution < -0.4 is 0 Å². The molecule has 0 unspecified atom stereocenters. The van der Waals surface area contributed by atoms with E-state index in [0.29, 0.717) is 0 Å². The number of H-pyrrole nitrogens is 1. The maximum absolute atomic E-state index is 11.8. The van der Waals surface area contributed by atoms with Crippen LogP contribution in [0.4, 0.5) is 13.2 Å². The lowest BCUT2D eigenvalue weighted by Crippen LogP contribution is -1.99. The van der Waals surface area contributed by atoms with E-state index in [-0.39, 0.29) is 27.0 Å². The first kappa shape index (κ1) is 10.1. The Morgan fingerprint density at radius 2 is 1.92 bits per heavy atom. The minimum atomic E-state index is -4.35. The Morgan fingerprint density at radius 3 is 2.25 bits per heavy atom. The van der Waals surface area contributed by atoms with Crippen molar-refractivity contribution in [3.05, 3.63) is 16.2 Å². The first-order chi connectivity index (χ1) is 5.38. The van der Waals surface area contributed by atoms with Crippen molar-refractivity contribution in [1.82, 2.24) is 4.98 Å². The van der Waals surface area contributed by atoms with Crippen LogP contribution in [-0.2, 0) is 0 Å². The summed E-state index contributed by atoms with van der Waals surface area (Å²) in [5, 5.41) is -0.122. The number of hydrogen-bond donors (Lipinski definition) is 1. The van der Waals surface area contributed by atoms with Gasteiger partial charge in [-0.15, -0.1) is 0 Å². The molecule has 0 amide bonds. The van der Waals surface area contributed by atoms with E-state index in [0.717, 1.165) is 0 Å². The van der Waals surface area contributed by atoms with E-state index in [4.69, 9.17) is 23.2 Å². The van der Waals surface area contributed by atoms with Gasteiger partial charge >= 0.3 is 5.51 Å². The molecule has 0 radical (unpaired) electrons. The summed E-state index contributed by atoms with van der Waals surface area (Å²) in [6, 6.07) is 1.22. The fraction of sp³-hybridized carbons (Fsp3) is 0.200. The highest BCUT2D eigenvalue weighted by Gasteiger charge is 2.31. The number of aromatic amines is 1. The zero-order chi connectivity index (χ0) is 9.35. The SMILES string of the molecule is FC(F)(F)Sc1[nH]c(Cl)cc1Cl. The van der Waals surface area contributed by atoms with Crippen LogP contribution in [0.1, 0.15) is 0 Å². The molecule has 0 aromatic carbocycles. The van der Waals surface area contributed by atoms with Gasteiger partial charge in [0.25, 0.3) is 0 Å². The van der Waals surface area contributed by atoms with Crippen molar-refractivity contribution in [3.8, 4) is 0 Å². The predicted octanol–water partition coefficient (Wildman–Crippen LogP) is 3.93. The molecule has 0 aliphatic rings. The molecule has 0 aliphatic heterocycles. The molecule has 0 saturated carbocycles. The van der Waals surface area contributed by atoms with Crippen molar-refractivity contribution in [2.75, 3.05) is 0 Å². The number of rotatable bonds is 1. The molecule has 0 bridgehead atoms. The maximum atomic E-state index is 11.8. The van der Waals surface area contributed by atoms with Crippen LogP contribution >= 0.6 is 35.0 Å². The van der Waals surface area contributed by atoms with Crippen LogP contribution in [0.5, 0.6) is 0 Å². The zero-order valence-corrected chi connectivity index (χ0v) is 7.70. The fourth-order valence-electron chi connectivity index (χ4n) is 0.571. The third-order valence-corrected chi connectivity index (χ3v) is 2.29. The Labute approximate surface area is 80.2 Å². The lowest BCUT2D eigenvalue weighted by Gasteiger charge is -2.02. The van der Waals surface area contributed by atoms with Gasteiger partial charge in [0.15, 0.2) is 0 Å². The Hall–Kier alpha value is -0.000000000000000111. The van der Waals surface area contributed by atoms with Crippen molar-refractivity contribution < 1.29 is 13.2 Å². The molecule has 0 atom stereocenters. The van der Waals surface area contributed by atoms with Crippen molar-refractivity contribution in [2.45, 2.75) is 10.5 Å². The molecule has 0 fully saturated rings. The highest BCUT2D eigenvalue weighted by atomic mass is 35.5. The van der Waals surface area contributed by atoms with E-state index in [1.165, 1.54) is 6.07 Å². The monoisotopic (exact) mass is 235 g/mol. The van der Waals surface area contributed by atoms with Gasteiger partial charge in [-0.25, -0.2) is 0 Å². The summed E-state index contributed by atoms with van der Waals surface area (Å²) < 4.78 is 35.3. The summed E-state index contributed by atoms with van der Waals surface area (Å²) in [4.78, 5) is 2.28. The zero-order valence-electron chi connectivity index (χ0n) is 5.38. The molecule has 1 aromatic heterocycles. The Balaban J connectivity index is 2.82. The van der Waals surface area contributed by atoms with Crippen molar-refractivity contribution >= 4 is 35.0 Å². The fourth-order valence-corrected chi connectivity index (χ4v) is 1.71. The van der Waals surface area contributed by atoms with Gasteiger partial charge in [-0.05, 0) is 6.07 Å². The second kappa shape index (κ2) is 3.40. The molecule has 0 aliphatic carbocycles. The topological polar surface area (TPSA) is 15.8 Å². The molecular weight excluding hydrogens is 234 g/mol. The molecule has 1 aromatic rings. The van der Waals surface area contributed by atoms with Crippen LogP contribution in [0, 0.1) is 0 Å². The normalized spacial score (nSPS) is 12.1. The molecule has 1 heterocycles. The predicted molar refractivity (Wildman–Crippen MR) is 42.7 cm³/mol. The number of aromatic nitrogens is 1. The van der Waals surface area contributed by atoms with Gasteiger partial charge in [0.2, 0.25) is 0 Å². The van der Waals surface area contributed by atoms with E-state index in [1.807, 2.05) is 0 Å². The minimum Gasteiger partial charge on any atom is -0.339 e. The van der Waals surface area contributed by atoms with Crippen LogP contribution in [0.25, 0.3) is 0 Å². The van der Waals surface area contributed by atoms with Crippen LogP contribution in [0.15, 0.2) is 11.1 Å². The third-order valence-electron chi connectivity index (χ3n) is 0.921. The van der Waals surface area contributed by atoms with E-state index in [9.17, 15) is 13.2 Å². The summed E-state index contributed by atoms with van der Waals surface area (Å²) in [6.07, 6.45) is 0. The van der Waals surface area contributed by atoms with E-state index >= 15 is 0 Å². The number of nitrogens with one attached hydrogen (secondary N) is 1. The number of halogens is 5.